The van der Waals surface area contributed by atoms with Gasteiger partial charge in [-0.1, -0.05) is 53.2 Å². The molecule has 0 radical (unpaired) electrons. The zero-order valence-electron chi connectivity index (χ0n) is 15.8. The number of rotatable bonds is 6. The van der Waals surface area contributed by atoms with Crippen LogP contribution in [0, 0.1) is 0 Å². The van der Waals surface area contributed by atoms with Crippen molar-refractivity contribution in [2.24, 2.45) is 0 Å². The third-order valence-electron chi connectivity index (χ3n) is 4.43. The first-order valence-electron chi connectivity index (χ1n) is 9.24. The maximum atomic E-state index is 12.5. The summed E-state index contributed by atoms with van der Waals surface area (Å²) in [5, 5.41) is 12.3. The van der Waals surface area contributed by atoms with Gasteiger partial charge in [-0.25, -0.2) is 0 Å². The minimum Gasteiger partial charge on any atom is -0.411 e. The highest BCUT2D eigenvalue weighted by atomic mass is 35.5. The van der Waals surface area contributed by atoms with E-state index in [-0.39, 0.29) is 11.7 Å². The minimum atomic E-state index is -0.200. The van der Waals surface area contributed by atoms with Crippen molar-refractivity contribution in [3.63, 3.8) is 0 Å². The molecule has 156 valence electrons. The molecule has 1 fully saturated rings. The molecule has 1 aliphatic rings. The molecule has 1 N–H and O–H groups in total. The fraction of sp³-hybridized carbons (Fsp3) is 0.250. The fourth-order valence-electron chi connectivity index (χ4n) is 3.05. The topological polar surface area (TPSA) is 80.5 Å². The van der Waals surface area contributed by atoms with Crippen molar-refractivity contribution in [2.75, 3.05) is 42.3 Å². The third-order valence-corrected chi connectivity index (χ3v) is 5.88. The average molecular weight is 465 g/mol. The summed E-state index contributed by atoms with van der Waals surface area (Å²) in [6.45, 7) is 2.68. The van der Waals surface area contributed by atoms with E-state index < -0.39 is 0 Å². The van der Waals surface area contributed by atoms with Crippen LogP contribution in [0.2, 0.25) is 10.0 Å². The summed E-state index contributed by atoms with van der Waals surface area (Å²) in [5.41, 5.74) is 2.12. The molecule has 10 heteroatoms. The standard InChI is InChI=1S/C20H18Cl2N4O3S/c21-14-5-2-1-4-13(14)19-24-25-20(29-19)30-12-17(27)23-16-7-3-6-15(22)18(16)26-8-10-28-11-9-26/h1-7H,8-12H2,(H,23,27). The van der Waals surface area contributed by atoms with Gasteiger partial charge in [0.15, 0.2) is 0 Å². The molecule has 0 bridgehead atoms. The molecule has 1 saturated heterocycles. The Labute approximate surface area is 187 Å². The van der Waals surface area contributed by atoms with E-state index in [2.05, 4.69) is 20.4 Å². The number of nitrogens with zero attached hydrogens (tertiary/aromatic N) is 3. The number of nitrogens with one attached hydrogen (secondary N) is 1. The zero-order valence-corrected chi connectivity index (χ0v) is 18.1. The van der Waals surface area contributed by atoms with Gasteiger partial charge in [0, 0.05) is 13.1 Å². The highest BCUT2D eigenvalue weighted by Gasteiger charge is 2.19. The number of hydrogen-bond donors (Lipinski definition) is 1. The molecular weight excluding hydrogens is 447 g/mol. The Bertz CT molecular complexity index is 1040. The van der Waals surface area contributed by atoms with Crippen LogP contribution in [0.3, 0.4) is 0 Å². The second-order valence-electron chi connectivity index (χ2n) is 6.43. The van der Waals surface area contributed by atoms with Crippen LogP contribution in [-0.4, -0.2) is 48.2 Å². The Morgan fingerprint density at radius 2 is 1.83 bits per heavy atom. The van der Waals surface area contributed by atoms with Crippen molar-refractivity contribution in [2.45, 2.75) is 5.22 Å². The van der Waals surface area contributed by atoms with E-state index in [9.17, 15) is 4.79 Å². The van der Waals surface area contributed by atoms with Crippen molar-refractivity contribution in [3.05, 3.63) is 52.5 Å². The van der Waals surface area contributed by atoms with Gasteiger partial charge in [0.2, 0.25) is 11.8 Å². The second kappa shape index (κ2) is 9.70. The monoisotopic (exact) mass is 464 g/mol. The van der Waals surface area contributed by atoms with Gasteiger partial charge in [0.05, 0.1) is 46.0 Å². The minimum absolute atomic E-state index is 0.110. The largest absolute Gasteiger partial charge is 0.411 e. The van der Waals surface area contributed by atoms with Crippen molar-refractivity contribution >= 4 is 52.2 Å². The van der Waals surface area contributed by atoms with E-state index in [0.29, 0.717) is 58.7 Å². The smallest absolute Gasteiger partial charge is 0.277 e. The van der Waals surface area contributed by atoms with Crippen LogP contribution >= 0.6 is 35.0 Å². The van der Waals surface area contributed by atoms with Gasteiger partial charge < -0.3 is 19.4 Å². The predicted molar refractivity (Wildman–Crippen MR) is 119 cm³/mol. The van der Waals surface area contributed by atoms with Crippen molar-refractivity contribution in [1.29, 1.82) is 0 Å². The van der Waals surface area contributed by atoms with Gasteiger partial charge in [-0.05, 0) is 24.3 Å². The number of carbonyl (C=O) groups excluding carboxylic acids is 1. The molecular formula is C20H18Cl2N4O3S. The number of thioether (sulfide) groups is 1. The van der Waals surface area contributed by atoms with Crippen LogP contribution in [-0.2, 0) is 9.53 Å². The summed E-state index contributed by atoms with van der Waals surface area (Å²) in [6, 6.07) is 12.7. The Morgan fingerprint density at radius 3 is 2.63 bits per heavy atom. The van der Waals surface area contributed by atoms with E-state index in [0.717, 1.165) is 17.4 Å². The highest BCUT2D eigenvalue weighted by Crippen LogP contribution is 2.35. The molecule has 3 aromatic rings. The molecule has 1 aromatic heterocycles. The van der Waals surface area contributed by atoms with E-state index in [1.807, 2.05) is 30.3 Å². The first-order valence-corrected chi connectivity index (χ1v) is 11.0. The number of hydrogen-bond acceptors (Lipinski definition) is 7. The SMILES string of the molecule is O=C(CSc1nnc(-c2ccccc2Cl)o1)Nc1cccc(Cl)c1N1CCOCC1. The molecule has 2 heterocycles. The van der Waals surface area contributed by atoms with Crippen molar-refractivity contribution in [1.82, 2.24) is 10.2 Å². The van der Waals surface area contributed by atoms with Crippen LogP contribution in [0.25, 0.3) is 11.5 Å². The number of ether oxygens (including phenoxy) is 1. The molecule has 0 aliphatic carbocycles. The van der Waals surface area contributed by atoms with Crippen LogP contribution in [0.4, 0.5) is 11.4 Å². The first-order chi connectivity index (χ1) is 14.6. The van der Waals surface area contributed by atoms with Gasteiger partial charge in [-0.15, -0.1) is 10.2 Å². The molecule has 1 amide bonds. The Hall–Kier alpha value is -2.26. The normalized spacial score (nSPS) is 14.0. The van der Waals surface area contributed by atoms with Crippen LogP contribution in [0.15, 0.2) is 52.1 Å². The second-order valence-corrected chi connectivity index (χ2v) is 8.17. The number of anilines is 2. The Morgan fingerprint density at radius 1 is 1.07 bits per heavy atom. The number of benzene rings is 2. The summed E-state index contributed by atoms with van der Waals surface area (Å²) in [4.78, 5) is 14.6. The molecule has 7 nitrogen and oxygen atoms in total. The lowest BCUT2D eigenvalue weighted by Crippen LogP contribution is -2.37. The lowest BCUT2D eigenvalue weighted by atomic mass is 10.2. The Balaban J connectivity index is 1.40. The van der Waals surface area contributed by atoms with Crippen molar-refractivity contribution < 1.29 is 13.9 Å². The predicted octanol–water partition coefficient (Wildman–Crippen LogP) is 4.61. The van der Waals surface area contributed by atoms with Crippen LogP contribution < -0.4 is 10.2 Å². The summed E-state index contributed by atoms with van der Waals surface area (Å²) in [6.07, 6.45) is 0. The highest BCUT2D eigenvalue weighted by molar-refractivity contribution is 7.99. The van der Waals surface area contributed by atoms with Gasteiger partial charge in [0.25, 0.3) is 5.22 Å². The van der Waals surface area contributed by atoms with E-state index >= 15 is 0 Å². The number of amides is 1. The molecule has 2 aromatic carbocycles. The van der Waals surface area contributed by atoms with Gasteiger partial charge >= 0.3 is 0 Å². The van der Waals surface area contributed by atoms with Crippen LogP contribution in [0.5, 0.6) is 0 Å². The molecule has 0 atom stereocenters. The van der Waals surface area contributed by atoms with Crippen LogP contribution in [0.1, 0.15) is 0 Å². The van der Waals surface area contributed by atoms with Gasteiger partial charge in [0.1, 0.15) is 0 Å². The molecule has 1 aliphatic heterocycles. The average Bonchev–Trinajstić information content (AvgIpc) is 3.22. The quantitative estimate of drug-likeness (QED) is 0.533. The molecule has 0 spiro atoms. The third kappa shape index (κ3) is 4.89. The molecule has 0 unspecified atom stereocenters. The fourth-order valence-corrected chi connectivity index (χ4v) is 4.12. The maximum absolute atomic E-state index is 12.5. The zero-order chi connectivity index (χ0) is 20.9. The number of halogens is 2. The lowest BCUT2D eigenvalue weighted by molar-refractivity contribution is -0.113. The summed E-state index contributed by atoms with van der Waals surface area (Å²) in [5.74, 6) is 0.224. The Kier molecular flexibility index (Phi) is 6.79. The molecule has 0 saturated carbocycles. The van der Waals surface area contributed by atoms with Gasteiger partial charge in [-0.2, -0.15) is 0 Å². The van der Waals surface area contributed by atoms with Gasteiger partial charge in [-0.3, -0.25) is 4.79 Å². The van der Waals surface area contributed by atoms with E-state index in [1.165, 1.54) is 0 Å². The summed E-state index contributed by atoms with van der Waals surface area (Å²) in [7, 11) is 0. The van der Waals surface area contributed by atoms with Crippen molar-refractivity contribution in [3.8, 4) is 11.5 Å². The summed E-state index contributed by atoms with van der Waals surface area (Å²) < 4.78 is 11.0. The van der Waals surface area contributed by atoms with E-state index in [1.54, 1.807) is 12.1 Å². The number of aromatic nitrogens is 2. The maximum Gasteiger partial charge on any atom is 0.277 e. The van der Waals surface area contributed by atoms with E-state index in [4.69, 9.17) is 32.4 Å². The lowest BCUT2D eigenvalue weighted by Gasteiger charge is -2.31. The number of carbonyl (C=O) groups is 1. The molecule has 4 rings (SSSR count). The number of para-hydroxylation sites is 1. The first kappa shape index (κ1) is 21.0. The number of morpholine rings is 1. The summed E-state index contributed by atoms with van der Waals surface area (Å²) >= 11 is 13.7. The molecule has 30 heavy (non-hydrogen) atoms.